The molecular formula is C13H15ClF2O2. The molecule has 0 aliphatic carbocycles. The minimum atomic E-state index is -2.60. The summed E-state index contributed by atoms with van der Waals surface area (Å²) in [5.74, 6) is -0.108. The van der Waals surface area contributed by atoms with Crippen molar-refractivity contribution < 1.29 is 18.3 Å². The van der Waals surface area contributed by atoms with Crippen molar-refractivity contribution in [1.82, 2.24) is 0 Å². The predicted octanol–water partition coefficient (Wildman–Crippen LogP) is 3.97. The van der Waals surface area contributed by atoms with Crippen LogP contribution in [0, 0.1) is 0 Å². The van der Waals surface area contributed by atoms with E-state index >= 15 is 0 Å². The van der Waals surface area contributed by atoms with Crippen LogP contribution in [0.25, 0.3) is 0 Å². The Morgan fingerprint density at radius 2 is 2.17 bits per heavy atom. The van der Waals surface area contributed by atoms with Crippen LogP contribution in [0.2, 0.25) is 0 Å². The van der Waals surface area contributed by atoms with Crippen molar-refractivity contribution in [2.45, 2.75) is 26.2 Å². The summed E-state index contributed by atoms with van der Waals surface area (Å²) >= 11 is 5.59. The van der Waals surface area contributed by atoms with Gasteiger partial charge in [0.25, 0.3) is 6.43 Å². The number of carbonyl (C=O) groups excluding carboxylic acids is 1. The topological polar surface area (TPSA) is 26.3 Å². The molecule has 1 aromatic carbocycles. The third-order valence-corrected chi connectivity index (χ3v) is 2.73. The molecule has 0 spiro atoms. The Morgan fingerprint density at radius 1 is 1.44 bits per heavy atom. The van der Waals surface area contributed by atoms with Gasteiger partial charge in [-0.25, -0.2) is 13.6 Å². The highest BCUT2D eigenvalue weighted by atomic mass is 35.5. The van der Waals surface area contributed by atoms with Gasteiger partial charge in [0.05, 0.1) is 12.2 Å². The fraction of sp³-hybridized carbons (Fsp3) is 0.462. The van der Waals surface area contributed by atoms with E-state index in [0.717, 1.165) is 0 Å². The number of hydrogen-bond donors (Lipinski definition) is 0. The van der Waals surface area contributed by atoms with E-state index in [-0.39, 0.29) is 17.7 Å². The zero-order valence-corrected chi connectivity index (χ0v) is 10.8. The summed E-state index contributed by atoms with van der Waals surface area (Å²) in [6.07, 6.45) is -1.34. The third kappa shape index (κ3) is 3.95. The number of aryl methyl sites for hydroxylation is 1. The lowest BCUT2D eigenvalue weighted by atomic mass is 10.0. The van der Waals surface area contributed by atoms with E-state index in [9.17, 15) is 13.6 Å². The van der Waals surface area contributed by atoms with Gasteiger partial charge in [-0.3, -0.25) is 0 Å². The fourth-order valence-corrected chi connectivity index (χ4v) is 1.74. The predicted molar refractivity (Wildman–Crippen MR) is 66.4 cm³/mol. The second kappa shape index (κ2) is 7.31. The zero-order chi connectivity index (χ0) is 13.5. The van der Waals surface area contributed by atoms with Gasteiger partial charge in [-0.15, -0.1) is 11.6 Å². The molecule has 0 amide bonds. The largest absolute Gasteiger partial charge is 0.462 e. The Morgan fingerprint density at radius 3 is 2.72 bits per heavy atom. The molecule has 5 heteroatoms. The number of halogens is 3. The van der Waals surface area contributed by atoms with Gasteiger partial charge in [0.2, 0.25) is 0 Å². The quantitative estimate of drug-likeness (QED) is 0.580. The monoisotopic (exact) mass is 276 g/mol. The molecule has 1 rings (SSSR count). The number of ether oxygens (including phenoxy) is 1. The van der Waals surface area contributed by atoms with Crippen molar-refractivity contribution in [3.63, 3.8) is 0 Å². The summed E-state index contributed by atoms with van der Waals surface area (Å²) in [6, 6.07) is 4.07. The lowest BCUT2D eigenvalue weighted by molar-refractivity contribution is 0.0524. The number of rotatable bonds is 6. The van der Waals surface area contributed by atoms with Gasteiger partial charge in [0.1, 0.15) is 0 Å². The number of hydrogen-bond acceptors (Lipinski definition) is 2. The van der Waals surface area contributed by atoms with E-state index < -0.39 is 12.4 Å². The van der Waals surface area contributed by atoms with Crippen molar-refractivity contribution in [3.05, 3.63) is 34.9 Å². The summed E-state index contributed by atoms with van der Waals surface area (Å²) in [6.45, 7) is 1.89. The minimum Gasteiger partial charge on any atom is -0.462 e. The van der Waals surface area contributed by atoms with Gasteiger partial charge >= 0.3 is 5.97 Å². The molecule has 0 fully saturated rings. The normalized spacial score (nSPS) is 10.7. The molecule has 0 atom stereocenters. The molecule has 0 aliphatic rings. The highest BCUT2D eigenvalue weighted by Crippen LogP contribution is 2.23. The van der Waals surface area contributed by atoms with Crippen LogP contribution in [0.15, 0.2) is 18.2 Å². The maximum absolute atomic E-state index is 12.6. The highest BCUT2D eigenvalue weighted by molar-refractivity contribution is 6.17. The molecule has 0 N–H and O–H groups in total. The SMILES string of the molecule is CCOC(=O)c1cc(C(F)F)ccc1CCCCl. The van der Waals surface area contributed by atoms with Gasteiger partial charge in [0, 0.05) is 11.4 Å². The number of alkyl halides is 3. The van der Waals surface area contributed by atoms with Crippen LogP contribution in [0.1, 0.15) is 41.3 Å². The Hall–Kier alpha value is -1.16. The lowest BCUT2D eigenvalue weighted by Gasteiger charge is -2.10. The van der Waals surface area contributed by atoms with Crippen molar-refractivity contribution in [2.24, 2.45) is 0 Å². The first kappa shape index (κ1) is 14.9. The van der Waals surface area contributed by atoms with Crippen molar-refractivity contribution in [1.29, 1.82) is 0 Å². The van der Waals surface area contributed by atoms with Crippen LogP contribution in [-0.4, -0.2) is 18.5 Å². The lowest BCUT2D eigenvalue weighted by Crippen LogP contribution is -2.09. The number of esters is 1. The molecule has 2 nitrogen and oxygen atoms in total. The maximum Gasteiger partial charge on any atom is 0.338 e. The Labute approximate surface area is 110 Å². The number of carbonyl (C=O) groups is 1. The maximum atomic E-state index is 12.6. The second-order valence-corrected chi connectivity index (χ2v) is 4.11. The highest BCUT2D eigenvalue weighted by Gasteiger charge is 2.16. The molecule has 0 bridgehead atoms. The van der Waals surface area contributed by atoms with Crippen molar-refractivity contribution in [3.8, 4) is 0 Å². The summed E-state index contributed by atoms with van der Waals surface area (Å²) in [5.41, 5.74) is 0.728. The number of benzene rings is 1. The molecule has 0 unspecified atom stereocenters. The molecule has 0 aliphatic heterocycles. The van der Waals surface area contributed by atoms with Gasteiger partial charge < -0.3 is 4.74 Å². The summed E-state index contributed by atoms with van der Waals surface area (Å²) in [4.78, 5) is 11.7. The van der Waals surface area contributed by atoms with Gasteiger partial charge in [-0.2, -0.15) is 0 Å². The molecular weight excluding hydrogens is 262 g/mol. The van der Waals surface area contributed by atoms with E-state index in [2.05, 4.69) is 0 Å². The standard InChI is InChI=1S/C13H15ClF2O2/c1-2-18-13(17)11-8-10(12(15)16)6-5-9(11)4-3-7-14/h5-6,8,12H,2-4,7H2,1H3. The molecule has 18 heavy (non-hydrogen) atoms. The average Bonchev–Trinajstić information content (AvgIpc) is 2.36. The van der Waals surface area contributed by atoms with Crippen LogP contribution < -0.4 is 0 Å². The first-order valence-corrected chi connectivity index (χ1v) is 6.27. The Balaban J connectivity index is 3.05. The first-order valence-electron chi connectivity index (χ1n) is 5.74. The van der Waals surface area contributed by atoms with E-state index in [1.54, 1.807) is 13.0 Å². The molecule has 0 heterocycles. The fourth-order valence-electron chi connectivity index (χ4n) is 1.60. The van der Waals surface area contributed by atoms with Gasteiger partial charge in [0.15, 0.2) is 0 Å². The van der Waals surface area contributed by atoms with Gasteiger partial charge in [-0.05, 0) is 31.4 Å². The molecule has 1 aromatic rings. The van der Waals surface area contributed by atoms with E-state index in [1.165, 1.54) is 12.1 Å². The molecule has 0 radical (unpaired) electrons. The summed E-state index contributed by atoms with van der Waals surface area (Å²) in [7, 11) is 0. The van der Waals surface area contributed by atoms with Gasteiger partial charge in [-0.1, -0.05) is 12.1 Å². The third-order valence-electron chi connectivity index (χ3n) is 2.46. The zero-order valence-electron chi connectivity index (χ0n) is 10.1. The van der Waals surface area contributed by atoms with Crippen LogP contribution in [0.3, 0.4) is 0 Å². The van der Waals surface area contributed by atoms with E-state index in [1.807, 2.05) is 0 Å². The Bertz CT molecular complexity index is 408. The van der Waals surface area contributed by atoms with E-state index in [4.69, 9.17) is 16.3 Å². The average molecular weight is 277 g/mol. The second-order valence-electron chi connectivity index (χ2n) is 3.73. The minimum absolute atomic E-state index is 0.173. The van der Waals surface area contributed by atoms with Crippen LogP contribution in [-0.2, 0) is 11.2 Å². The summed E-state index contributed by atoms with van der Waals surface area (Å²) in [5, 5.41) is 0. The molecule has 0 aromatic heterocycles. The molecule has 100 valence electrons. The van der Waals surface area contributed by atoms with Crippen LogP contribution >= 0.6 is 11.6 Å². The van der Waals surface area contributed by atoms with Crippen LogP contribution in [0.5, 0.6) is 0 Å². The summed E-state index contributed by atoms with van der Waals surface area (Å²) < 4.78 is 30.1. The first-order chi connectivity index (χ1) is 8.60. The molecule has 0 saturated carbocycles. The van der Waals surface area contributed by atoms with Crippen molar-refractivity contribution >= 4 is 17.6 Å². The van der Waals surface area contributed by atoms with Crippen LogP contribution in [0.4, 0.5) is 8.78 Å². The smallest absolute Gasteiger partial charge is 0.338 e. The molecule has 0 saturated heterocycles. The van der Waals surface area contributed by atoms with E-state index in [0.29, 0.717) is 24.3 Å². The van der Waals surface area contributed by atoms with Crippen molar-refractivity contribution in [2.75, 3.05) is 12.5 Å². The Kier molecular flexibility index (Phi) is 6.05.